The number of hydrogen-bond donors (Lipinski definition) is 1. The van der Waals surface area contributed by atoms with Gasteiger partial charge in [-0.2, -0.15) is 13.2 Å². The summed E-state index contributed by atoms with van der Waals surface area (Å²) in [6, 6.07) is 4.89. The van der Waals surface area contributed by atoms with Crippen LogP contribution in [-0.2, 0) is 22.2 Å². The Bertz CT molecular complexity index is 631. The minimum Gasteiger partial charge on any atom is -0.351 e. The Kier molecular flexibility index (Phi) is 6.08. The average Bonchev–Trinajstić information content (AvgIpc) is 2.90. The Morgan fingerprint density at radius 2 is 1.92 bits per heavy atom. The number of carbonyl (C=O) groups excluding carboxylic acids is 2. The van der Waals surface area contributed by atoms with Gasteiger partial charge in [0.2, 0.25) is 11.8 Å². The zero-order valence-corrected chi connectivity index (χ0v) is 14.4. The first-order chi connectivity index (χ1) is 11.7. The van der Waals surface area contributed by atoms with Crippen LogP contribution in [0.4, 0.5) is 13.2 Å². The minimum atomic E-state index is -4.49. The minimum absolute atomic E-state index is 0.0408. The summed E-state index contributed by atoms with van der Waals surface area (Å²) in [5, 5.41) is 2.83. The molecule has 1 aliphatic rings. The molecule has 2 rings (SSSR count). The predicted octanol–water partition coefficient (Wildman–Crippen LogP) is 3.01. The summed E-state index contributed by atoms with van der Waals surface area (Å²) in [7, 11) is 0. The number of nitrogens with one attached hydrogen (secondary N) is 1. The van der Waals surface area contributed by atoms with Gasteiger partial charge in [0, 0.05) is 20.0 Å². The van der Waals surface area contributed by atoms with E-state index in [1.807, 2.05) is 6.92 Å². The smallest absolute Gasteiger partial charge is 0.351 e. The van der Waals surface area contributed by atoms with Gasteiger partial charge in [-0.3, -0.25) is 9.59 Å². The van der Waals surface area contributed by atoms with Crippen molar-refractivity contribution in [2.75, 3.05) is 13.1 Å². The van der Waals surface area contributed by atoms with Crippen molar-refractivity contribution in [3.63, 3.8) is 0 Å². The van der Waals surface area contributed by atoms with E-state index in [2.05, 4.69) is 5.32 Å². The lowest BCUT2D eigenvalue weighted by molar-refractivity contribution is -0.138. The van der Waals surface area contributed by atoms with E-state index >= 15 is 0 Å². The molecule has 0 radical (unpaired) electrons. The van der Waals surface area contributed by atoms with Gasteiger partial charge in [-0.1, -0.05) is 31.5 Å². The quantitative estimate of drug-likeness (QED) is 0.882. The molecule has 1 aliphatic heterocycles. The van der Waals surface area contributed by atoms with Crippen molar-refractivity contribution >= 4 is 11.8 Å². The van der Waals surface area contributed by atoms with Gasteiger partial charge in [0.25, 0.3) is 0 Å². The topological polar surface area (TPSA) is 49.4 Å². The molecule has 1 heterocycles. The molecular weight excluding hydrogens is 333 g/mol. The Hall–Kier alpha value is -2.05. The summed E-state index contributed by atoms with van der Waals surface area (Å²) < 4.78 is 39.1. The number of hydrogen-bond acceptors (Lipinski definition) is 2. The van der Waals surface area contributed by atoms with Crippen molar-refractivity contribution in [2.45, 2.75) is 45.3 Å². The summed E-state index contributed by atoms with van der Waals surface area (Å²) in [5.41, 5.74) is -0.826. The van der Waals surface area contributed by atoms with Crippen LogP contribution in [-0.4, -0.2) is 35.8 Å². The van der Waals surface area contributed by atoms with Crippen LogP contribution in [0.25, 0.3) is 0 Å². The third-order valence-electron chi connectivity index (χ3n) is 4.57. The van der Waals surface area contributed by atoms with Gasteiger partial charge < -0.3 is 10.2 Å². The van der Waals surface area contributed by atoms with Crippen molar-refractivity contribution in [1.29, 1.82) is 0 Å². The van der Waals surface area contributed by atoms with Crippen LogP contribution in [0.5, 0.6) is 0 Å². The lowest BCUT2D eigenvalue weighted by atomic mass is 9.97. The van der Waals surface area contributed by atoms with Crippen molar-refractivity contribution < 1.29 is 22.8 Å². The van der Waals surface area contributed by atoms with Gasteiger partial charge >= 0.3 is 6.18 Å². The molecule has 0 aliphatic carbocycles. The molecular formula is C18H23F3N2O2. The summed E-state index contributed by atoms with van der Waals surface area (Å²) in [6.07, 6.45) is -3.04. The Morgan fingerprint density at radius 3 is 2.52 bits per heavy atom. The maximum atomic E-state index is 13.0. The molecule has 0 bridgehead atoms. The molecule has 0 saturated carbocycles. The third-order valence-corrected chi connectivity index (χ3v) is 4.57. The molecule has 1 saturated heterocycles. The number of halogens is 3. The lowest BCUT2D eigenvalue weighted by Crippen LogP contribution is -2.41. The number of amides is 2. The highest BCUT2D eigenvalue weighted by molar-refractivity contribution is 5.80. The fourth-order valence-corrected chi connectivity index (χ4v) is 3.34. The van der Waals surface area contributed by atoms with Crippen LogP contribution in [0.2, 0.25) is 0 Å². The molecule has 0 aromatic heterocycles. The lowest BCUT2D eigenvalue weighted by Gasteiger charge is -2.20. The van der Waals surface area contributed by atoms with E-state index < -0.39 is 17.6 Å². The molecule has 2 amide bonds. The fourth-order valence-electron chi connectivity index (χ4n) is 3.34. The molecule has 0 spiro atoms. The second-order valence-electron chi connectivity index (χ2n) is 6.48. The maximum absolute atomic E-state index is 13.0. The Labute approximate surface area is 145 Å². The number of rotatable bonds is 5. The zero-order chi connectivity index (χ0) is 18.6. The first kappa shape index (κ1) is 19.3. The Morgan fingerprint density at radius 1 is 1.24 bits per heavy atom. The second-order valence-corrected chi connectivity index (χ2v) is 6.48. The molecule has 0 unspecified atom stereocenters. The SMILES string of the molecule is CCC[C@H]1CN(C(C)=O)C[C@@H]1NC(=O)Cc1ccccc1C(F)(F)F. The standard InChI is InChI=1S/C18H23F3N2O2/c1-3-6-14-10-23(12(2)24)11-16(14)22-17(25)9-13-7-4-5-8-15(13)18(19,20)21/h4-5,7-8,14,16H,3,6,9-11H2,1-2H3,(H,22,25)/t14-,16-/m0/s1. The second kappa shape index (κ2) is 7.89. The van der Waals surface area contributed by atoms with Crippen LogP contribution >= 0.6 is 0 Å². The average molecular weight is 356 g/mol. The molecule has 138 valence electrons. The highest BCUT2D eigenvalue weighted by Crippen LogP contribution is 2.32. The summed E-state index contributed by atoms with van der Waals surface area (Å²) in [4.78, 5) is 25.5. The monoisotopic (exact) mass is 356 g/mol. The third kappa shape index (κ3) is 4.96. The van der Waals surface area contributed by atoms with Crippen molar-refractivity contribution in [3.05, 3.63) is 35.4 Å². The number of nitrogens with zero attached hydrogens (tertiary/aromatic N) is 1. The van der Waals surface area contributed by atoms with Crippen LogP contribution in [0.15, 0.2) is 24.3 Å². The highest BCUT2D eigenvalue weighted by atomic mass is 19.4. The number of alkyl halides is 3. The van der Waals surface area contributed by atoms with Crippen molar-refractivity contribution in [1.82, 2.24) is 10.2 Å². The molecule has 1 aromatic carbocycles. The van der Waals surface area contributed by atoms with Crippen LogP contribution in [0.3, 0.4) is 0 Å². The first-order valence-electron chi connectivity index (χ1n) is 8.42. The molecule has 25 heavy (non-hydrogen) atoms. The maximum Gasteiger partial charge on any atom is 0.416 e. The van der Waals surface area contributed by atoms with Gasteiger partial charge in [0.05, 0.1) is 18.0 Å². The Balaban J connectivity index is 2.06. The van der Waals surface area contributed by atoms with E-state index in [9.17, 15) is 22.8 Å². The predicted molar refractivity (Wildman–Crippen MR) is 87.7 cm³/mol. The zero-order valence-electron chi connectivity index (χ0n) is 14.4. The van der Waals surface area contributed by atoms with E-state index in [0.29, 0.717) is 13.1 Å². The van der Waals surface area contributed by atoms with Crippen molar-refractivity contribution in [2.24, 2.45) is 5.92 Å². The van der Waals surface area contributed by atoms with Gasteiger partial charge in [-0.05, 0) is 24.0 Å². The summed E-state index contributed by atoms with van der Waals surface area (Å²) in [6.45, 7) is 4.49. The van der Waals surface area contributed by atoms with Gasteiger partial charge in [0.15, 0.2) is 0 Å². The number of benzene rings is 1. The van der Waals surface area contributed by atoms with Gasteiger partial charge in [0.1, 0.15) is 0 Å². The van der Waals surface area contributed by atoms with E-state index in [1.165, 1.54) is 25.1 Å². The molecule has 1 N–H and O–H groups in total. The molecule has 1 fully saturated rings. The van der Waals surface area contributed by atoms with Gasteiger partial charge in [-0.25, -0.2) is 0 Å². The largest absolute Gasteiger partial charge is 0.416 e. The van der Waals surface area contributed by atoms with E-state index in [0.717, 1.165) is 18.9 Å². The van der Waals surface area contributed by atoms with Crippen molar-refractivity contribution in [3.8, 4) is 0 Å². The summed E-state index contributed by atoms with van der Waals surface area (Å²) >= 11 is 0. The van der Waals surface area contributed by atoms with Crippen LogP contribution < -0.4 is 5.32 Å². The first-order valence-corrected chi connectivity index (χ1v) is 8.42. The number of likely N-dealkylation sites (tertiary alicyclic amines) is 1. The molecule has 2 atom stereocenters. The normalized spacial score (nSPS) is 20.6. The number of carbonyl (C=O) groups is 2. The van der Waals surface area contributed by atoms with E-state index in [1.54, 1.807) is 4.90 Å². The fraction of sp³-hybridized carbons (Fsp3) is 0.556. The van der Waals surface area contributed by atoms with Gasteiger partial charge in [-0.15, -0.1) is 0 Å². The molecule has 4 nitrogen and oxygen atoms in total. The molecule has 7 heteroatoms. The molecule has 1 aromatic rings. The summed E-state index contributed by atoms with van der Waals surface area (Å²) in [5.74, 6) is -0.371. The van der Waals surface area contributed by atoms with E-state index in [-0.39, 0.29) is 29.9 Å². The van der Waals surface area contributed by atoms with Crippen LogP contribution in [0.1, 0.15) is 37.8 Å². The van der Waals surface area contributed by atoms with E-state index in [4.69, 9.17) is 0 Å². The van der Waals surface area contributed by atoms with Crippen LogP contribution in [0, 0.1) is 5.92 Å². The highest BCUT2D eigenvalue weighted by Gasteiger charge is 2.36.